The van der Waals surface area contributed by atoms with E-state index in [0.717, 1.165) is 32.0 Å². The van der Waals surface area contributed by atoms with E-state index >= 15 is 0 Å². The third-order valence-corrected chi connectivity index (χ3v) is 4.97. The number of nitrogens with one attached hydrogen (secondary N) is 2. The van der Waals surface area contributed by atoms with Gasteiger partial charge in [-0.25, -0.2) is 4.99 Å². The third kappa shape index (κ3) is 4.79. The highest BCUT2D eigenvalue weighted by molar-refractivity contribution is 5.86. The summed E-state index contributed by atoms with van der Waals surface area (Å²) < 4.78 is 0. The quantitative estimate of drug-likeness (QED) is 0.631. The zero-order valence-corrected chi connectivity index (χ0v) is 16.5. The van der Waals surface area contributed by atoms with Crippen LogP contribution in [0.1, 0.15) is 32.8 Å². The Morgan fingerprint density at radius 3 is 2.78 bits per heavy atom. The fourth-order valence-electron chi connectivity index (χ4n) is 3.55. The van der Waals surface area contributed by atoms with Crippen molar-refractivity contribution in [3.05, 3.63) is 48.0 Å². The van der Waals surface area contributed by atoms with Crippen LogP contribution in [-0.4, -0.2) is 42.4 Å². The molecule has 144 valence electrons. The van der Waals surface area contributed by atoms with Crippen LogP contribution in [0.25, 0.3) is 10.8 Å². The molecular formula is C22H30N4O. The molecule has 1 aliphatic rings. The van der Waals surface area contributed by atoms with Gasteiger partial charge < -0.3 is 15.5 Å². The number of aliphatic imine (C=N–C) groups is 1. The standard InChI is InChI=1S/C22H30N4O/c1-4-23-22(25-19-12-13-26(15-19)21(27)16(2)3)24-14-18-10-7-9-17-8-5-6-11-20(17)18/h5-11,16,19H,4,12-15H2,1-3H3,(H2,23,24,25). The van der Waals surface area contributed by atoms with Crippen molar-refractivity contribution in [3.8, 4) is 0 Å². The maximum absolute atomic E-state index is 12.2. The number of amides is 1. The predicted molar refractivity (Wildman–Crippen MR) is 112 cm³/mol. The summed E-state index contributed by atoms with van der Waals surface area (Å²) in [6.07, 6.45) is 0.955. The first-order valence-corrected chi connectivity index (χ1v) is 9.88. The lowest BCUT2D eigenvalue weighted by atomic mass is 10.1. The number of rotatable bonds is 5. The number of guanidine groups is 1. The van der Waals surface area contributed by atoms with E-state index in [1.165, 1.54) is 16.3 Å². The largest absolute Gasteiger partial charge is 0.357 e. The van der Waals surface area contributed by atoms with E-state index in [1.807, 2.05) is 18.7 Å². The lowest BCUT2D eigenvalue weighted by Crippen LogP contribution is -2.45. The number of benzene rings is 2. The number of carbonyl (C=O) groups excluding carboxylic acids is 1. The molecule has 1 aliphatic heterocycles. The molecule has 0 spiro atoms. The van der Waals surface area contributed by atoms with Crippen molar-refractivity contribution < 1.29 is 4.79 Å². The van der Waals surface area contributed by atoms with E-state index in [4.69, 9.17) is 4.99 Å². The van der Waals surface area contributed by atoms with E-state index in [-0.39, 0.29) is 17.9 Å². The molecule has 1 atom stereocenters. The highest BCUT2D eigenvalue weighted by Crippen LogP contribution is 2.19. The van der Waals surface area contributed by atoms with Crippen molar-refractivity contribution in [2.45, 2.75) is 39.8 Å². The molecule has 3 rings (SSSR count). The summed E-state index contributed by atoms with van der Waals surface area (Å²) in [5.41, 5.74) is 1.22. The molecule has 5 nitrogen and oxygen atoms in total. The van der Waals surface area contributed by atoms with Gasteiger partial charge in [-0.15, -0.1) is 0 Å². The van der Waals surface area contributed by atoms with Gasteiger partial charge in [0.2, 0.25) is 5.91 Å². The predicted octanol–water partition coefficient (Wildman–Crippen LogP) is 3.15. The van der Waals surface area contributed by atoms with Crippen LogP contribution in [-0.2, 0) is 11.3 Å². The van der Waals surface area contributed by atoms with E-state index in [1.54, 1.807) is 0 Å². The summed E-state index contributed by atoms with van der Waals surface area (Å²) in [6.45, 7) is 8.98. The fraction of sp³-hybridized carbons (Fsp3) is 0.455. The zero-order chi connectivity index (χ0) is 19.2. The fourth-order valence-corrected chi connectivity index (χ4v) is 3.55. The highest BCUT2D eigenvalue weighted by atomic mass is 16.2. The van der Waals surface area contributed by atoms with Gasteiger partial charge in [0.25, 0.3) is 0 Å². The average molecular weight is 367 g/mol. The average Bonchev–Trinajstić information content (AvgIpc) is 3.14. The molecule has 1 heterocycles. The lowest BCUT2D eigenvalue weighted by molar-refractivity contribution is -0.133. The molecule has 0 bridgehead atoms. The summed E-state index contributed by atoms with van der Waals surface area (Å²) in [5, 5.41) is 9.32. The molecule has 1 unspecified atom stereocenters. The minimum Gasteiger partial charge on any atom is -0.357 e. The molecule has 0 aliphatic carbocycles. The van der Waals surface area contributed by atoms with E-state index < -0.39 is 0 Å². The molecule has 2 N–H and O–H groups in total. The van der Waals surface area contributed by atoms with Crippen molar-refractivity contribution >= 4 is 22.6 Å². The van der Waals surface area contributed by atoms with Crippen LogP contribution >= 0.6 is 0 Å². The molecule has 0 radical (unpaired) electrons. The lowest BCUT2D eigenvalue weighted by Gasteiger charge is -2.20. The summed E-state index contributed by atoms with van der Waals surface area (Å²) in [6, 6.07) is 15.0. The van der Waals surface area contributed by atoms with Gasteiger partial charge in [0.15, 0.2) is 5.96 Å². The Bertz CT molecular complexity index is 810. The van der Waals surface area contributed by atoms with Crippen LogP contribution in [0.4, 0.5) is 0 Å². The summed E-state index contributed by atoms with van der Waals surface area (Å²) in [5.74, 6) is 1.10. The summed E-state index contributed by atoms with van der Waals surface area (Å²) >= 11 is 0. The Balaban J connectivity index is 1.67. The molecule has 2 aromatic rings. The normalized spacial score (nSPS) is 17.6. The molecule has 0 saturated carbocycles. The van der Waals surface area contributed by atoms with Crippen LogP contribution in [0.15, 0.2) is 47.5 Å². The van der Waals surface area contributed by atoms with Crippen molar-refractivity contribution in [2.24, 2.45) is 10.9 Å². The second kappa shape index (κ2) is 8.89. The van der Waals surface area contributed by atoms with Gasteiger partial charge in [-0.1, -0.05) is 56.3 Å². The molecular weight excluding hydrogens is 336 g/mol. The smallest absolute Gasteiger partial charge is 0.225 e. The number of hydrogen-bond acceptors (Lipinski definition) is 2. The molecule has 27 heavy (non-hydrogen) atoms. The Kier molecular flexibility index (Phi) is 6.32. The van der Waals surface area contributed by atoms with Crippen molar-refractivity contribution in [2.75, 3.05) is 19.6 Å². The number of carbonyl (C=O) groups is 1. The van der Waals surface area contributed by atoms with Crippen molar-refractivity contribution in [1.82, 2.24) is 15.5 Å². The summed E-state index contributed by atoms with van der Waals surface area (Å²) in [7, 11) is 0. The molecule has 2 aromatic carbocycles. The molecule has 5 heteroatoms. The van der Waals surface area contributed by atoms with Crippen LogP contribution in [0, 0.1) is 5.92 Å². The highest BCUT2D eigenvalue weighted by Gasteiger charge is 2.27. The minimum atomic E-state index is 0.0528. The first kappa shape index (κ1) is 19.2. The van der Waals surface area contributed by atoms with Crippen LogP contribution in [0.5, 0.6) is 0 Å². The van der Waals surface area contributed by atoms with Gasteiger partial charge in [-0.3, -0.25) is 4.79 Å². The van der Waals surface area contributed by atoms with Gasteiger partial charge in [0.1, 0.15) is 0 Å². The van der Waals surface area contributed by atoms with Gasteiger partial charge in [0, 0.05) is 31.6 Å². The second-order valence-electron chi connectivity index (χ2n) is 7.40. The first-order chi connectivity index (χ1) is 13.1. The van der Waals surface area contributed by atoms with Crippen LogP contribution in [0.3, 0.4) is 0 Å². The number of hydrogen-bond donors (Lipinski definition) is 2. The Hall–Kier alpha value is -2.56. The van der Waals surface area contributed by atoms with Gasteiger partial charge in [-0.2, -0.15) is 0 Å². The first-order valence-electron chi connectivity index (χ1n) is 9.88. The maximum atomic E-state index is 12.2. The van der Waals surface area contributed by atoms with Crippen molar-refractivity contribution in [3.63, 3.8) is 0 Å². The monoisotopic (exact) mass is 366 g/mol. The number of likely N-dealkylation sites (tertiary alicyclic amines) is 1. The zero-order valence-electron chi connectivity index (χ0n) is 16.5. The van der Waals surface area contributed by atoms with Crippen LogP contribution < -0.4 is 10.6 Å². The number of nitrogens with zero attached hydrogens (tertiary/aromatic N) is 2. The Morgan fingerprint density at radius 2 is 2.00 bits per heavy atom. The molecule has 1 amide bonds. The van der Waals surface area contributed by atoms with E-state index in [9.17, 15) is 4.79 Å². The second-order valence-corrected chi connectivity index (χ2v) is 7.40. The van der Waals surface area contributed by atoms with Gasteiger partial charge in [-0.05, 0) is 29.7 Å². The minimum absolute atomic E-state index is 0.0528. The molecule has 1 fully saturated rings. The maximum Gasteiger partial charge on any atom is 0.225 e. The van der Waals surface area contributed by atoms with Gasteiger partial charge in [0.05, 0.1) is 6.54 Å². The molecule has 0 aromatic heterocycles. The topological polar surface area (TPSA) is 56.7 Å². The number of fused-ring (bicyclic) bond motifs is 1. The Labute approximate surface area is 161 Å². The molecule has 1 saturated heterocycles. The Morgan fingerprint density at radius 1 is 1.22 bits per heavy atom. The van der Waals surface area contributed by atoms with E-state index in [0.29, 0.717) is 6.54 Å². The third-order valence-electron chi connectivity index (χ3n) is 4.97. The summed E-state index contributed by atoms with van der Waals surface area (Å²) in [4.78, 5) is 18.9. The van der Waals surface area contributed by atoms with Crippen molar-refractivity contribution in [1.29, 1.82) is 0 Å². The SMILES string of the molecule is CCNC(=NCc1cccc2ccccc12)NC1CCN(C(=O)C(C)C)C1. The van der Waals surface area contributed by atoms with Gasteiger partial charge >= 0.3 is 0 Å². The van der Waals surface area contributed by atoms with E-state index in [2.05, 4.69) is 60.0 Å². The van der Waals surface area contributed by atoms with Crippen LogP contribution in [0.2, 0.25) is 0 Å².